The zero-order valence-electron chi connectivity index (χ0n) is 13.6. The van der Waals surface area contributed by atoms with E-state index in [-0.39, 0.29) is 5.91 Å². The summed E-state index contributed by atoms with van der Waals surface area (Å²) in [6, 6.07) is 13.7. The van der Waals surface area contributed by atoms with E-state index in [1.54, 1.807) is 0 Å². The number of benzene rings is 2. The molecule has 0 bridgehead atoms. The first kappa shape index (κ1) is 16.1. The fourth-order valence-corrected chi connectivity index (χ4v) is 2.33. The Morgan fingerprint density at radius 2 is 1.82 bits per heavy atom. The maximum absolute atomic E-state index is 12.5. The first-order valence-electron chi connectivity index (χ1n) is 7.61. The molecule has 0 fully saturated rings. The summed E-state index contributed by atoms with van der Waals surface area (Å²) in [5.74, 6) is 0.642. The normalized spacial score (nSPS) is 11.8. The molecule has 1 atom stereocenters. The quantitative estimate of drug-likeness (QED) is 0.888. The van der Waals surface area contributed by atoms with Crippen molar-refractivity contribution in [3.8, 4) is 5.75 Å². The van der Waals surface area contributed by atoms with Crippen molar-refractivity contribution < 1.29 is 9.53 Å². The van der Waals surface area contributed by atoms with Gasteiger partial charge in [-0.2, -0.15) is 0 Å². The van der Waals surface area contributed by atoms with Gasteiger partial charge in [-0.25, -0.2) is 0 Å². The predicted molar refractivity (Wildman–Crippen MR) is 90.4 cm³/mol. The van der Waals surface area contributed by atoms with Crippen LogP contribution in [-0.4, -0.2) is 12.0 Å². The Kier molecular flexibility index (Phi) is 5.21. The van der Waals surface area contributed by atoms with E-state index in [1.165, 1.54) is 5.56 Å². The number of carbonyl (C=O) groups is 1. The molecule has 0 heterocycles. The molecule has 3 heteroatoms. The van der Waals surface area contributed by atoms with Crippen LogP contribution < -0.4 is 10.1 Å². The lowest BCUT2D eigenvalue weighted by Crippen LogP contribution is -2.32. The lowest BCUT2D eigenvalue weighted by molar-refractivity contribution is -0.122. The van der Waals surface area contributed by atoms with Gasteiger partial charge in [-0.3, -0.25) is 4.79 Å². The minimum absolute atomic E-state index is 0.113. The Morgan fingerprint density at radius 3 is 2.45 bits per heavy atom. The van der Waals surface area contributed by atoms with E-state index in [9.17, 15) is 4.79 Å². The number of anilines is 1. The molecule has 1 N–H and O–H groups in total. The van der Waals surface area contributed by atoms with Crippen LogP contribution in [0, 0.1) is 20.8 Å². The van der Waals surface area contributed by atoms with Crippen LogP contribution in [0.3, 0.4) is 0 Å². The van der Waals surface area contributed by atoms with Crippen molar-refractivity contribution in [2.75, 3.05) is 5.32 Å². The van der Waals surface area contributed by atoms with E-state index in [4.69, 9.17) is 4.74 Å². The molecule has 3 nitrogen and oxygen atoms in total. The van der Waals surface area contributed by atoms with Gasteiger partial charge in [-0.1, -0.05) is 42.8 Å². The number of hydrogen-bond acceptors (Lipinski definition) is 2. The van der Waals surface area contributed by atoms with Crippen LogP contribution in [0.25, 0.3) is 0 Å². The van der Waals surface area contributed by atoms with E-state index in [2.05, 4.69) is 11.4 Å². The molecule has 2 aromatic carbocycles. The minimum Gasteiger partial charge on any atom is -0.480 e. The Balaban J connectivity index is 2.10. The van der Waals surface area contributed by atoms with Crippen LogP contribution in [0.1, 0.15) is 30.0 Å². The summed E-state index contributed by atoms with van der Waals surface area (Å²) in [5, 5.41) is 2.96. The van der Waals surface area contributed by atoms with Gasteiger partial charge in [0.1, 0.15) is 5.75 Å². The van der Waals surface area contributed by atoms with Crippen molar-refractivity contribution >= 4 is 11.6 Å². The molecule has 2 rings (SSSR count). The Bertz CT molecular complexity index is 664. The van der Waals surface area contributed by atoms with Crippen LogP contribution in [-0.2, 0) is 4.79 Å². The molecule has 116 valence electrons. The molecule has 0 unspecified atom stereocenters. The zero-order chi connectivity index (χ0) is 16.1. The third-order valence-electron chi connectivity index (χ3n) is 3.67. The molecule has 22 heavy (non-hydrogen) atoms. The SMILES string of the molecule is CC[C@@H](Oc1ccccc1C)C(=O)Nc1ccc(C)cc1C. The number of rotatable bonds is 5. The van der Waals surface area contributed by atoms with Crippen molar-refractivity contribution in [1.82, 2.24) is 0 Å². The van der Waals surface area contributed by atoms with Gasteiger partial charge in [0.25, 0.3) is 5.91 Å². The molecule has 0 radical (unpaired) electrons. The van der Waals surface area contributed by atoms with Gasteiger partial charge < -0.3 is 10.1 Å². The fraction of sp³-hybridized carbons (Fsp3) is 0.316. The van der Waals surface area contributed by atoms with E-state index >= 15 is 0 Å². The van der Waals surface area contributed by atoms with E-state index in [1.807, 2.05) is 64.1 Å². The second kappa shape index (κ2) is 7.12. The Morgan fingerprint density at radius 1 is 1.09 bits per heavy atom. The first-order chi connectivity index (χ1) is 10.5. The third-order valence-corrected chi connectivity index (χ3v) is 3.67. The molecule has 0 aliphatic rings. The lowest BCUT2D eigenvalue weighted by atomic mass is 10.1. The molecular formula is C19H23NO2. The predicted octanol–water partition coefficient (Wildman–Crippen LogP) is 4.41. The number of carbonyl (C=O) groups excluding carboxylic acids is 1. The largest absolute Gasteiger partial charge is 0.480 e. The fourth-order valence-electron chi connectivity index (χ4n) is 2.33. The topological polar surface area (TPSA) is 38.3 Å². The third kappa shape index (κ3) is 3.88. The monoisotopic (exact) mass is 297 g/mol. The molecule has 0 saturated heterocycles. The lowest BCUT2D eigenvalue weighted by Gasteiger charge is -2.19. The number of amides is 1. The molecule has 0 aliphatic carbocycles. The summed E-state index contributed by atoms with van der Waals surface area (Å²) < 4.78 is 5.88. The van der Waals surface area contributed by atoms with Crippen molar-refractivity contribution in [3.63, 3.8) is 0 Å². The summed E-state index contributed by atoms with van der Waals surface area (Å²) >= 11 is 0. The van der Waals surface area contributed by atoms with Crippen molar-refractivity contribution in [1.29, 1.82) is 0 Å². The maximum Gasteiger partial charge on any atom is 0.265 e. The molecule has 0 aromatic heterocycles. The van der Waals surface area contributed by atoms with Crippen molar-refractivity contribution in [3.05, 3.63) is 59.2 Å². The highest BCUT2D eigenvalue weighted by atomic mass is 16.5. The van der Waals surface area contributed by atoms with Gasteiger partial charge in [0.15, 0.2) is 6.10 Å². The molecule has 0 saturated carbocycles. The highest BCUT2D eigenvalue weighted by molar-refractivity contribution is 5.95. The molecular weight excluding hydrogens is 274 g/mol. The summed E-state index contributed by atoms with van der Waals surface area (Å²) in [5.41, 5.74) is 4.10. The standard InChI is InChI=1S/C19H23NO2/c1-5-17(22-18-9-7-6-8-14(18)3)19(21)20-16-11-10-13(2)12-15(16)4/h6-12,17H,5H2,1-4H3,(H,20,21)/t17-/m1/s1. The Hall–Kier alpha value is -2.29. The second-order valence-corrected chi connectivity index (χ2v) is 5.59. The van der Waals surface area contributed by atoms with E-state index in [0.717, 1.165) is 22.6 Å². The van der Waals surface area contributed by atoms with Crippen LogP contribution >= 0.6 is 0 Å². The van der Waals surface area contributed by atoms with E-state index < -0.39 is 6.10 Å². The average Bonchev–Trinajstić information content (AvgIpc) is 2.49. The molecule has 2 aromatic rings. The smallest absolute Gasteiger partial charge is 0.265 e. The highest BCUT2D eigenvalue weighted by Crippen LogP contribution is 2.21. The average molecular weight is 297 g/mol. The Labute approximate surface area is 132 Å². The second-order valence-electron chi connectivity index (χ2n) is 5.59. The number of para-hydroxylation sites is 1. The van der Waals surface area contributed by atoms with Gasteiger partial charge in [0.2, 0.25) is 0 Å². The molecule has 0 aliphatic heterocycles. The van der Waals surface area contributed by atoms with Gasteiger partial charge in [0.05, 0.1) is 0 Å². The van der Waals surface area contributed by atoms with Crippen LogP contribution in [0.5, 0.6) is 5.75 Å². The zero-order valence-corrected chi connectivity index (χ0v) is 13.6. The summed E-state index contributed by atoms with van der Waals surface area (Å²) in [6.45, 7) is 7.95. The van der Waals surface area contributed by atoms with Crippen LogP contribution in [0.4, 0.5) is 5.69 Å². The van der Waals surface area contributed by atoms with Crippen molar-refractivity contribution in [2.45, 2.75) is 40.2 Å². The van der Waals surface area contributed by atoms with Crippen LogP contribution in [0.2, 0.25) is 0 Å². The molecule has 0 spiro atoms. The maximum atomic E-state index is 12.5. The van der Waals surface area contributed by atoms with Gasteiger partial charge in [-0.15, -0.1) is 0 Å². The number of ether oxygens (including phenoxy) is 1. The van der Waals surface area contributed by atoms with Gasteiger partial charge in [-0.05, 0) is 50.5 Å². The van der Waals surface area contributed by atoms with E-state index in [0.29, 0.717) is 6.42 Å². The van der Waals surface area contributed by atoms with Crippen molar-refractivity contribution in [2.24, 2.45) is 0 Å². The highest BCUT2D eigenvalue weighted by Gasteiger charge is 2.19. The first-order valence-corrected chi connectivity index (χ1v) is 7.61. The summed E-state index contributed by atoms with van der Waals surface area (Å²) in [4.78, 5) is 12.5. The van der Waals surface area contributed by atoms with Crippen LogP contribution in [0.15, 0.2) is 42.5 Å². The summed E-state index contributed by atoms with van der Waals surface area (Å²) in [7, 11) is 0. The number of nitrogens with one attached hydrogen (secondary N) is 1. The number of hydrogen-bond donors (Lipinski definition) is 1. The summed E-state index contributed by atoms with van der Waals surface area (Å²) in [6.07, 6.45) is 0.118. The van der Waals surface area contributed by atoms with Gasteiger partial charge in [0, 0.05) is 5.69 Å². The van der Waals surface area contributed by atoms with Gasteiger partial charge >= 0.3 is 0 Å². The minimum atomic E-state index is -0.498. The molecule has 1 amide bonds. The number of aryl methyl sites for hydroxylation is 3.